The van der Waals surface area contributed by atoms with Gasteiger partial charge in [-0.25, -0.2) is 0 Å². The van der Waals surface area contributed by atoms with Crippen LogP contribution in [-0.2, 0) is 4.79 Å². The molecule has 2 N–H and O–H groups in total. The zero-order chi connectivity index (χ0) is 18.5. The highest BCUT2D eigenvalue weighted by atomic mass is 35.5. The SMILES string of the molecule is COc1cc(NC(=O)CC2CCCN2)c(C(=O)N2CCCC2)cc1OC.Cl. The maximum atomic E-state index is 12.9. The summed E-state index contributed by atoms with van der Waals surface area (Å²) in [7, 11) is 3.07. The van der Waals surface area contributed by atoms with E-state index in [1.807, 2.05) is 4.90 Å². The van der Waals surface area contributed by atoms with Crippen molar-refractivity contribution < 1.29 is 19.1 Å². The quantitative estimate of drug-likeness (QED) is 0.770. The molecule has 2 saturated heterocycles. The molecule has 2 amide bonds. The lowest BCUT2D eigenvalue weighted by Gasteiger charge is -2.20. The van der Waals surface area contributed by atoms with E-state index >= 15 is 0 Å². The largest absolute Gasteiger partial charge is 0.493 e. The van der Waals surface area contributed by atoms with Gasteiger partial charge >= 0.3 is 0 Å². The minimum atomic E-state index is -0.105. The van der Waals surface area contributed by atoms with Gasteiger partial charge < -0.3 is 25.0 Å². The molecular weight excluding hydrogens is 370 g/mol. The van der Waals surface area contributed by atoms with E-state index in [1.165, 1.54) is 14.2 Å². The summed E-state index contributed by atoms with van der Waals surface area (Å²) in [4.78, 5) is 27.2. The maximum absolute atomic E-state index is 12.9. The van der Waals surface area contributed by atoms with E-state index in [0.717, 1.165) is 45.3 Å². The number of nitrogens with one attached hydrogen (secondary N) is 2. The molecule has 150 valence electrons. The van der Waals surface area contributed by atoms with Gasteiger partial charge in [0.25, 0.3) is 5.91 Å². The summed E-state index contributed by atoms with van der Waals surface area (Å²) in [5.74, 6) is 0.773. The van der Waals surface area contributed by atoms with Gasteiger partial charge in [-0.2, -0.15) is 0 Å². The summed E-state index contributed by atoms with van der Waals surface area (Å²) in [6.07, 6.45) is 4.50. The number of ether oxygens (including phenoxy) is 2. The Labute approximate surface area is 166 Å². The Hall–Kier alpha value is -1.99. The molecule has 0 spiro atoms. The van der Waals surface area contributed by atoms with Crippen LogP contribution in [-0.4, -0.2) is 56.6 Å². The predicted molar refractivity (Wildman–Crippen MR) is 106 cm³/mol. The van der Waals surface area contributed by atoms with Crippen molar-refractivity contribution in [3.05, 3.63) is 17.7 Å². The fourth-order valence-corrected chi connectivity index (χ4v) is 3.61. The van der Waals surface area contributed by atoms with E-state index in [4.69, 9.17) is 9.47 Å². The third-order valence-electron chi connectivity index (χ3n) is 5.02. The maximum Gasteiger partial charge on any atom is 0.256 e. The molecule has 27 heavy (non-hydrogen) atoms. The topological polar surface area (TPSA) is 79.9 Å². The number of hydrogen-bond acceptors (Lipinski definition) is 5. The number of amides is 2. The number of carbonyl (C=O) groups excluding carboxylic acids is 2. The van der Waals surface area contributed by atoms with Crippen molar-refractivity contribution >= 4 is 29.9 Å². The Balaban J connectivity index is 0.00000261. The Bertz CT molecular complexity index is 671. The third kappa shape index (κ3) is 5.05. The number of rotatable bonds is 6. The van der Waals surface area contributed by atoms with Crippen molar-refractivity contribution in [1.82, 2.24) is 10.2 Å². The van der Waals surface area contributed by atoms with Crippen molar-refractivity contribution in [2.75, 3.05) is 39.2 Å². The normalized spacial score (nSPS) is 18.7. The minimum absolute atomic E-state index is 0. The minimum Gasteiger partial charge on any atom is -0.493 e. The smallest absolute Gasteiger partial charge is 0.256 e. The second-order valence-corrected chi connectivity index (χ2v) is 6.80. The number of halogens is 1. The second kappa shape index (κ2) is 9.80. The highest BCUT2D eigenvalue weighted by molar-refractivity contribution is 6.04. The van der Waals surface area contributed by atoms with Crippen LogP contribution in [0.15, 0.2) is 12.1 Å². The van der Waals surface area contributed by atoms with Crippen LogP contribution >= 0.6 is 12.4 Å². The number of nitrogens with zero attached hydrogens (tertiary/aromatic N) is 1. The van der Waals surface area contributed by atoms with Crippen molar-refractivity contribution in [3.8, 4) is 11.5 Å². The number of methoxy groups -OCH3 is 2. The van der Waals surface area contributed by atoms with Gasteiger partial charge in [-0.3, -0.25) is 9.59 Å². The molecule has 1 atom stereocenters. The highest BCUT2D eigenvalue weighted by Gasteiger charge is 2.25. The molecule has 1 aromatic carbocycles. The molecule has 3 rings (SSSR count). The molecule has 0 saturated carbocycles. The average molecular weight is 398 g/mol. The summed E-state index contributed by atoms with van der Waals surface area (Å²) in [5.41, 5.74) is 0.917. The van der Waals surface area contributed by atoms with E-state index in [-0.39, 0.29) is 30.3 Å². The predicted octanol–water partition coefficient (Wildman–Crippen LogP) is 2.44. The van der Waals surface area contributed by atoms with Gasteiger partial charge in [0, 0.05) is 31.6 Å². The van der Waals surface area contributed by atoms with Crippen LogP contribution in [0.2, 0.25) is 0 Å². The van der Waals surface area contributed by atoms with Gasteiger partial charge in [0.1, 0.15) is 0 Å². The fourth-order valence-electron chi connectivity index (χ4n) is 3.61. The summed E-state index contributed by atoms with van der Waals surface area (Å²) in [5, 5.41) is 6.22. The van der Waals surface area contributed by atoms with Gasteiger partial charge in [-0.15, -0.1) is 12.4 Å². The van der Waals surface area contributed by atoms with Gasteiger partial charge in [0.2, 0.25) is 5.91 Å². The van der Waals surface area contributed by atoms with E-state index in [1.54, 1.807) is 12.1 Å². The molecule has 2 aliphatic rings. The number of carbonyl (C=O) groups is 2. The number of likely N-dealkylation sites (tertiary alicyclic amines) is 1. The van der Waals surface area contributed by atoms with E-state index in [2.05, 4.69) is 10.6 Å². The monoisotopic (exact) mass is 397 g/mol. The van der Waals surface area contributed by atoms with E-state index < -0.39 is 0 Å². The first kappa shape index (κ1) is 21.3. The van der Waals surface area contributed by atoms with Crippen LogP contribution in [0.5, 0.6) is 11.5 Å². The molecule has 7 nitrogen and oxygen atoms in total. The summed E-state index contributed by atoms with van der Waals surface area (Å²) in [6, 6.07) is 3.53. The zero-order valence-electron chi connectivity index (χ0n) is 15.9. The summed E-state index contributed by atoms with van der Waals surface area (Å²) < 4.78 is 10.7. The lowest BCUT2D eigenvalue weighted by molar-refractivity contribution is -0.116. The molecule has 2 aliphatic heterocycles. The van der Waals surface area contributed by atoms with Crippen LogP contribution in [0.3, 0.4) is 0 Å². The molecule has 8 heteroatoms. The van der Waals surface area contributed by atoms with Crippen LogP contribution in [0, 0.1) is 0 Å². The van der Waals surface area contributed by atoms with Crippen LogP contribution in [0.25, 0.3) is 0 Å². The number of anilines is 1. The molecule has 0 bridgehead atoms. The Kier molecular flexibility index (Phi) is 7.74. The van der Waals surface area contributed by atoms with Gasteiger partial charge in [-0.05, 0) is 38.3 Å². The van der Waals surface area contributed by atoms with Gasteiger partial charge in [0.15, 0.2) is 11.5 Å². The van der Waals surface area contributed by atoms with E-state index in [0.29, 0.717) is 29.2 Å². The van der Waals surface area contributed by atoms with Gasteiger partial charge in [-0.1, -0.05) is 0 Å². The van der Waals surface area contributed by atoms with Crippen molar-refractivity contribution in [2.45, 2.75) is 38.1 Å². The first-order valence-electron chi connectivity index (χ1n) is 9.21. The molecule has 1 unspecified atom stereocenters. The molecule has 0 radical (unpaired) electrons. The third-order valence-corrected chi connectivity index (χ3v) is 5.02. The first-order valence-corrected chi connectivity index (χ1v) is 9.21. The van der Waals surface area contributed by atoms with Crippen LogP contribution < -0.4 is 20.1 Å². The van der Waals surface area contributed by atoms with Crippen molar-refractivity contribution in [3.63, 3.8) is 0 Å². The van der Waals surface area contributed by atoms with Crippen LogP contribution in [0.4, 0.5) is 5.69 Å². The molecule has 0 aliphatic carbocycles. The Morgan fingerprint density at radius 3 is 2.41 bits per heavy atom. The number of hydrogen-bond donors (Lipinski definition) is 2. The van der Waals surface area contributed by atoms with Crippen LogP contribution in [0.1, 0.15) is 42.5 Å². The number of benzene rings is 1. The van der Waals surface area contributed by atoms with Gasteiger partial charge in [0.05, 0.1) is 25.5 Å². The lowest BCUT2D eigenvalue weighted by atomic mass is 10.1. The first-order chi connectivity index (χ1) is 12.6. The molecule has 2 heterocycles. The van der Waals surface area contributed by atoms with Crippen molar-refractivity contribution in [2.24, 2.45) is 0 Å². The lowest BCUT2D eigenvalue weighted by Crippen LogP contribution is -2.30. The molecule has 0 aromatic heterocycles. The second-order valence-electron chi connectivity index (χ2n) is 6.80. The summed E-state index contributed by atoms with van der Waals surface area (Å²) in [6.45, 7) is 2.44. The van der Waals surface area contributed by atoms with Crippen molar-refractivity contribution in [1.29, 1.82) is 0 Å². The molecule has 2 fully saturated rings. The summed E-state index contributed by atoms with van der Waals surface area (Å²) >= 11 is 0. The Morgan fingerprint density at radius 1 is 1.15 bits per heavy atom. The molecular formula is C19H28ClN3O4. The standard InChI is InChI=1S/C19H27N3O4.ClH/c1-25-16-11-14(19(24)22-8-3-4-9-22)15(12-17(16)26-2)21-18(23)10-13-6-5-7-20-13;/h11-13,20H,3-10H2,1-2H3,(H,21,23);1H. The fraction of sp³-hybridized carbons (Fsp3) is 0.579. The zero-order valence-corrected chi connectivity index (χ0v) is 16.7. The molecule has 1 aromatic rings. The Morgan fingerprint density at radius 2 is 1.81 bits per heavy atom. The average Bonchev–Trinajstić information content (AvgIpc) is 3.34. The van der Waals surface area contributed by atoms with E-state index in [9.17, 15) is 9.59 Å². The highest BCUT2D eigenvalue weighted by Crippen LogP contribution is 2.34.